The van der Waals surface area contributed by atoms with Crippen LogP contribution in [0.2, 0.25) is 0 Å². The van der Waals surface area contributed by atoms with Crippen molar-refractivity contribution in [3.8, 4) is 0 Å². The third-order valence-electron chi connectivity index (χ3n) is 9.29. The van der Waals surface area contributed by atoms with Crippen LogP contribution in [0.15, 0.2) is 146 Å². The molecule has 4 nitrogen and oxygen atoms in total. The van der Waals surface area contributed by atoms with E-state index in [-0.39, 0.29) is 0 Å². The Morgan fingerprint density at radius 3 is 0.696 bits per heavy atom. The minimum absolute atomic E-state index is 0.390. The zero-order valence-electron chi connectivity index (χ0n) is 33.8. The van der Waals surface area contributed by atoms with Gasteiger partial charge in [0.1, 0.15) is 0 Å². The molecule has 0 unspecified atom stereocenters. The Kier molecular flexibility index (Phi) is 15.2. The third-order valence-corrected chi connectivity index (χ3v) is 36.0. The van der Waals surface area contributed by atoms with Gasteiger partial charge in [0.25, 0.3) is 0 Å². The van der Waals surface area contributed by atoms with Gasteiger partial charge in [-0.05, 0) is 0 Å². The summed E-state index contributed by atoms with van der Waals surface area (Å²) in [7, 11) is 0. The van der Waals surface area contributed by atoms with Crippen molar-refractivity contribution >= 4 is 75.2 Å². The van der Waals surface area contributed by atoms with Crippen molar-refractivity contribution in [3.05, 3.63) is 200 Å². The molecule has 0 fully saturated rings. The Bertz CT molecular complexity index is 1950. The molecule has 0 atom stereocenters. The molecule has 0 aliphatic rings. The van der Waals surface area contributed by atoms with Crippen LogP contribution in [-0.2, 0) is 9.91 Å². The van der Waals surface area contributed by atoms with Crippen molar-refractivity contribution in [2.24, 2.45) is 0 Å². The fourth-order valence-corrected chi connectivity index (χ4v) is 38.1. The number of hydrogen-bond acceptors (Lipinski definition) is 4. The van der Waals surface area contributed by atoms with Crippen LogP contribution in [0, 0.1) is 42.2 Å². The topological polar surface area (TPSA) is 44.8 Å². The number of aryl methyl sites for hydroxylation is 3. The van der Waals surface area contributed by atoms with Crippen LogP contribution < -0.4 is 0 Å². The molecule has 0 aliphatic heterocycles. The molecule has 0 N–H and O–H groups in total. The Hall–Kier alpha value is -2.25. The molecule has 0 amide bonds. The van der Waals surface area contributed by atoms with Crippen molar-refractivity contribution in [3.63, 3.8) is 0 Å². The van der Waals surface area contributed by atoms with E-state index in [1.165, 1.54) is 16.7 Å². The molecule has 0 spiro atoms. The van der Waals surface area contributed by atoms with Gasteiger partial charge in [-0.2, -0.15) is 0 Å². The van der Waals surface area contributed by atoms with Crippen LogP contribution >= 0.6 is 60.7 Å². The molecule has 0 heterocycles. The van der Waals surface area contributed by atoms with E-state index in [4.69, 9.17) is 6.17 Å². The van der Waals surface area contributed by atoms with E-state index in [1.807, 2.05) is 0 Å². The van der Waals surface area contributed by atoms with Crippen LogP contribution in [0.5, 0.6) is 0 Å². The van der Waals surface area contributed by atoms with E-state index < -0.39 is 75.2 Å². The average molecular weight is 1150 g/mol. The molecule has 0 saturated heterocycles. The fourth-order valence-electron chi connectivity index (χ4n) is 5.73. The monoisotopic (exact) mass is 1150 g/mol. The van der Waals surface area contributed by atoms with Crippen LogP contribution in [0.1, 0.15) is 92.7 Å². The molecule has 296 valence electrons. The summed E-state index contributed by atoms with van der Waals surface area (Å²) in [5.41, 5.74) is 7.25. The van der Waals surface area contributed by atoms with Crippen LogP contribution in [-0.4, -0.2) is 14.5 Å². The van der Waals surface area contributed by atoms with Crippen molar-refractivity contribution in [2.45, 2.75) is 80.1 Å². The van der Waals surface area contributed by atoms with Gasteiger partial charge in [-0.3, -0.25) is 0 Å². The number of hydrogen-bond donors (Lipinski definition) is 0. The third kappa shape index (κ3) is 11.3. The van der Waals surface area contributed by atoms with Gasteiger partial charge in [0.2, 0.25) is 0 Å². The van der Waals surface area contributed by atoms with Gasteiger partial charge in [-0.1, -0.05) is 0 Å². The molecule has 8 heteroatoms. The van der Waals surface area contributed by atoms with Gasteiger partial charge < -0.3 is 0 Å². The molecular weight excluding hydrogens is 1100 g/mol. The molecule has 0 saturated carbocycles. The van der Waals surface area contributed by atoms with E-state index in [1.54, 1.807) is 0 Å². The standard InChI is InChI=1S/C48H54AsI3O4/c1-34(2)40-16-28-46(29-17-40)50(43-22-10-37(7)11-23-43)54-49(53,55-51(44-24-12-38(8)13-25-44)47-30-18-41(19-31-47)35(3)4)56-52(45-26-14-39(9)15-27-45)48-32-20-42(21-33-48)36(5)6/h10-36H,1-9H3. The molecule has 6 aromatic carbocycles. The summed E-state index contributed by atoms with van der Waals surface area (Å²) < 4.78 is 44.5. The zero-order valence-corrected chi connectivity index (χ0v) is 42.2. The van der Waals surface area contributed by atoms with Crippen molar-refractivity contribution in [1.82, 2.24) is 0 Å². The SMILES string of the molecule is Cc1ccc(I(O[As](=O)(OI(c2ccc(C)cc2)c2ccc(C(C)C)cc2)OI(c2ccc(C)cc2)c2ccc(C(C)C)cc2)c2ccc(C(C)C)cc2)cc1. The van der Waals surface area contributed by atoms with E-state index in [0.29, 0.717) is 17.8 Å². The maximum absolute atomic E-state index is 16.3. The predicted molar refractivity (Wildman–Crippen MR) is 259 cm³/mol. The second kappa shape index (κ2) is 19.7. The van der Waals surface area contributed by atoms with Gasteiger partial charge in [0, 0.05) is 0 Å². The minimum atomic E-state index is -5.23. The Balaban J connectivity index is 1.53. The zero-order chi connectivity index (χ0) is 40.0. The van der Waals surface area contributed by atoms with Crippen LogP contribution in [0.3, 0.4) is 0 Å². The molecular formula is C48H54AsI3O4. The maximum atomic E-state index is 16.3. The first-order valence-corrected chi connectivity index (χ1v) is 31.3. The Morgan fingerprint density at radius 1 is 0.339 bits per heavy atom. The quantitative estimate of drug-likeness (QED) is 0.0759. The first-order valence-electron chi connectivity index (χ1n) is 19.1. The average Bonchev–Trinajstić information content (AvgIpc) is 3.19. The number of halogens is 3. The molecule has 6 aromatic rings. The molecule has 0 radical (unpaired) electrons. The Labute approximate surface area is 361 Å². The molecule has 0 aliphatic carbocycles. The summed E-state index contributed by atoms with van der Waals surface area (Å²) in [6.45, 7) is 19.5. The first kappa shape index (κ1) is 43.3. The first-order chi connectivity index (χ1) is 26.8. The summed E-state index contributed by atoms with van der Waals surface area (Å²) in [5.74, 6) is 1.17. The number of rotatable bonds is 15. The summed E-state index contributed by atoms with van der Waals surface area (Å²) in [4.78, 5) is 0. The summed E-state index contributed by atoms with van der Waals surface area (Å²) in [6.07, 6.45) is 0. The van der Waals surface area contributed by atoms with Gasteiger partial charge >= 0.3 is 366 Å². The molecule has 6 rings (SSSR count). The molecule has 0 aromatic heterocycles. The van der Waals surface area contributed by atoms with Gasteiger partial charge in [-0.15, -0.1) is 0 Å². The normalized spacial score (nSPS) is 12.7. The van der Waals surface area contributed by atoms with E-state index in [0.717, 1.165) is 38.1 Å². The second-order valence-electron chi connectivity index (χ2n) is 14.9. The van der Waals surface area contributed by atoms with Crippen LogP contribution in [0.4, 0.5) is 0 Å². The number of benzene rings is 6. The van der Waals surface area contributed by atoms with Crippen molar-refractivity contribution in [1.29, 1.82) is 0 Å². The van der Waals surface area contributed by atoms with Crippen molar-refractivity contribution < 1.29 is 9.91 Å². The Morgan fingerprint density at radius 2 is 0.518 bits per heavy atom. The van der Waals surface area contributed by atoms with Gasteiger partial charge in [-0.25, -0.2) is 0 Å². The summed E-state index contributed by atoms with van der Waals surface area (Å²) >= 11 is -13.9. The summed E-state index contributed by atoms with van der Waals surface area (Å²) in [6, 6.07) is 51.7. The molecule has 56 heavy (non-hydrogen) atoms. The predicted octanol–water partition coefficient (Wildman–Crippen LogP) is 14.7. The van der Waals surface area contributed by atoms with E-state index in [2.05, 4.69) is 208 Å². The summed E-state index contributed by atoms with van der Waals surface area (Å²) in [5, 5.41) is 0. The van der Waals surface area contributed by atoms with Gasteiger partial charge in [0.15, 0.2) is 0 Å². The van der Waals surface area contributed by atoms with E-state index in [9.17, 15) is 0 Å². The second-order valence-corrected chi connectivity index (χ2v) is 35.5. The van der Waals surface area contributed by atoms with Crippen molar-refractivity contribution in [2.75, 3.05) is 0 Å². The van der Waals surface area contributed by atoms with E-state index >= 15 is 3.74 Å². The fraction of sp³-hybridized carbons (Fsp3) is 0.250. The van der Waals surface area contributed by atoms with Gasteiger partial charge in [0.05, 0.1) is 0 Å². The van der Waals surface area contributed by atoms with Crippen LogP contribution in [0.25, 0.3) is 0 Å². The molecule has 0 bridgehead atoms.